The van der Waals surface area contributed by atoms with E-state index in [1.54, 1.807) is 6.92 Å². The molecule has 0 aromatic heterocycles. The molecule has 3 heteroatoms. The second-order valence-electron chi connectivity index (χ2n) is 4.38. The first kappa shape index (κ1) is 9.70. The Balaban J connectivity index is 2.33. The quantitative estimate of drug-likeness (QED) is 0.514. The van der Waals surface area contributed by atoms with Crippen LogP contribution >= 0.6 is 0 Å². The van der Waals surface area contributed by atoms with Crippen LogP contribution in [0.15, 0.2) is 0 Å². The van der Waals surface area contributed by atoms with E-state index in [-0.39, 0.29) is 11.9 Å². The zero-order valence-electron chi connectivity index (χ0n) is 8.25. The van der Waals surface area contributed by atoms with Crippen LogP contribution in [0.1, 0.15) is 26.2 Å². The van der Waals surface area contributed by atoms with Gasteiger partial charge in [0.05, 0.1) is 12.0 Å². The summed E-state index contributed by atoms with van der Waals surface area (Å²) in [7, 11) is 0. The standard InChI is InChI=1S/C11H14O3/c1-3-5-10(2)8(12)4-6-11(10,13)9-7-14-9/h1,9,13H,4-7H2,2H3/t9-,10-,11+/m1/s1. The molecule has 2 aliphatic rings. The summed E-state index contributed by atoms with van der Waals surface area (Å²) < 4.78 is 5.11. The average molecular weight is 194 g/mol. The number of epoxide rings is 1. The lowest BCUT2D eigenvalue weighted by Crippen LogP contribution is -2.49. The third kappa shape index (κ3) is 1.05. The van der Waals surface area contributed by atoms with Crippen molar-refractivity contribution in [3.05, 3.63) is 0 Å². The maximum absolute atomic E-state index is 11.7. The maximum Gasteiger partial charge on any atom is 0.142 e. The van der Waals surface area contributed by atoms with Gasteiger partial charge in [0, 0.05) is 12.8 Å². The number of aliphatic hydroxyl groups is 1. The molecule has 1 saturated carbocycles. The van der Waals surface area contributed by atoms with E-state index in [0.29, 0.717) is 25.9 Å². The van der Waals surface area contributed by atoms with Gasteiger partial charge in [0.15, 0.2) is 0 Å². The van der Waals surface area contributed by atoms with Crippen molar-refractivity contribution in [2.24, 2.45) is 5.41 Å². The highest BCUT2D eigenvalue weighted by Crippen LogP contribution is 2.51. The summed E-state index contributed by atoms with van der Waals surface area (Å²) in [5.74, 6) is 2.55. The van der Waals surface area contributed by atoms with E-state index in [4.69, 9.17) is 11.2 Å². The second-order valence-corrected chi connectivity index (χ2v) is 4.38. The van der Waals surface area contributed by atoms with Crippen LogP contribution in [0.4, 0.5) is 0 Å². The number of ketones is 1. The van der Waals surface area contributed by atoms with Crippen molar-refractivity contribution in [3.63, 3.8) is 0 Å². The summed E-state index contributed by atoms with van der Waals surface area (Å²) in [6, 6.07) is 0. The van der Waals surface area contributed by atoms with Gasteiger partial charge in [-0.15, -0.1) is 12.3 Å². The first-order chi connectivity index (χ1) is 6.54. The molecule has 2 rings (SSSR count). The summed E-state index contributed by atoms with van der Waals surface area (Å²) in [5.41, 5.74) is -1.83. The van der Waals surface area contributed by atoms with Gasteiger partial charge in [-0.25, -0.2) is 0 Å². The fourth-order valence-electron chi connectivity index (χ4n) is 2.39. The number of terminal acetylenes is 1. The van der Waals surface area contributed by atoms with Gasteiger partial charge in [-0.1, -0.05) is 0 Å². The molecule has 1 saturated heterocycles. The predicted molar refractivity (Wildman–Crippen MR) is 50.5 cm³/mol. The normalized spacial score (nSPS) is 46.4. The van der Waals surface area contributed by atoms with Crippen LogP contribution in [-0.2, 0) is 9.53 Å². The first-order valence-electron chi connectivity index (χ1n) is 4.85. The van der Waals surface area contributed by atoms with Gasteiger partial charge in [-0.3, -0.25) is 4.79 Å². The second kappa shape index (κ2) is 2.82. The SMILES string of the molecule is C#CC[C@]1(C)C(=O)CC[C@]1(O)[C@H]1CO1. The lowest BCUT2D eigenvalue weighted by molar-refractivity contribution is -0.136. The molecule has 3 atom stereocenters. The van der Waals surface area contributed by atoms with Crippen molar-refractivity contribution < 1.29 is 14.6 Å². The van der Waals surface area contributed by atoms with E-state index in [1.807, 2.05) is 0 Å². The molecule has 1 N–H and O–H groups in total. The third-order valence-corrected chi connectivity index (χ3v) is 3.63. The molecular formula is C11H14O3. The highest BCUT2D eigenvalue weighted by Gasteiger charge is 2.63. The van der Waals surface area contributed by atoms with Crippen molar-refractivity contribution in [3.8, 4) is 12.3 Å². The Morgan fingerprint density at radius 3 is 2.93 bits per heavy atom. The van der Waals surface area contributed by atoms with E-state index < -0.39 is 11.0 Å². The average Bonchev–Trinajstić information content (AvgIpc) is 2.93. The van der Waals surface area contributed by atoms with E-state index in [2.05, 4.69) is 5.92 Å². The summed E-state index contributed by atoms with van der Waals surface area (Å²) in [6.45, 7) is 2.30. The molecule has 1 aliphatic heterocycles. The highest BCUT2D eigenvalue weighted by molar-refractivity contribution is 5.89. The van der Waals surface area contributed by atoms with E-state index >= 15 is 0 Å². The van der Waals surface area contributed by atoms with Crippen LogP contribution in [0.3, 0.4) is 0 Å². The third-order valence-electron chi connectivity index (χ3n) is 3.63. The zero-order chi connectivity index (χ0) is 10.4. The summed E-state index contributed by atoms with van der Waals surface area (Å²) in [6.07, 6.45) is 6.24. The zero-order valence-corrected chi connectivity index (χ0v) is 8.25. The predicted octanol–water partition coefficient (Wildman–Crippen LogP) is 0.509. The van der Waals surface area contributed by atoms with Crippen LogP contribution in [0.5, 0.6) is 0 Å². The smallest absolute Gasteiger partial charge is 0.142 e. The Hall–Kier alpha value is -0.850. The molecule has 0 spiro atoms. The Labute approximate surface area is 83.4 Å². The van der Waals surface area contributed by atoms with Gasteiger partial charge in [0.2, 0.25) is 0 Å². The largest absolute Gasteiger partial charge is 0.386 e. The number of hydrogen-bond acceptors (Lipinski definition) is 3. The van der Waals surface area contributed by atoms with Crippen molar-refractivity contribution in [2.45, 2.75) is 37.9 Å². The summed E-state index contributed by atoms with van der Waals surface area (Å²) in [4.78, 5) is 11.7. The van der Waals surface area contributed by atoms with Crippen LogP contribution in [-0.4, -0.2) is 29.2 Å². The van der Waals surface area contributed by atoms with Gasteiger partial charge in [-0.05, 0) is 13.3 Å². The lowest BCUT2D eigenvalue weighted by atomic mass is 9.71. The monoisotopic (exact) mass is 194 g/mol. The minimum absolute atomic E-state index is 0.0634. The van der Waals surface area contributed by atoms with E-state index in [0.717, 1.165) is 0 Å². The van der Waals surface area contributed by atoms with Crippen LogP contribution < -0.4 is 0 Å². The summed E-state index contributed by atoms with van der Waals surface area (Å²) >= 11 is 0. The van der Waals surface area contributed by atoms with Gasteiger partial charge >= 0.3 is 0 Å². The minimum Gasteiger partial charge on any atom is -0.386 e. The van der Waals surface area contributed by atoms with Crippen LogP contribution in [0.25, 0.3) is 0 Å². The Morgan fingerprint density at radius 1 is 1.79 bits per heavy atom. The number of ether oxygens (including phenoxy) is 1. The number of carbonyl (C=O) groups is 1. The summed E-state index contributed by atoms with van der Waals surface area (Å²) in [5, 5.41) is 10.4. The Kier molecular flexibility index (Phi) is 1.95. The molecule has 0 unspecified atom stereocenters. The molecule has 0 amide bonds. The van der Waals surface area contributed by atoms with E-state index in [9.17, 15) is 9.90 Å². The van der Waals surface area contributed by atoms with Gasteiger partial charge in [-0.2, -0.15) is 0 Å². The number of Topliss-reactive ketones (excluding diaryl/α,β-unsaturated/α-hetero) is 1. The minimum atomic E-state index is -1.03. The molecule has 3 nitrogen and oxygen atoms in total. The Bertz CT molecular complexity index is 313. The number of carbonyl (C=O) groups excluding carboxylic acids is 1. The topological polar surface area (TPSA) is 49.8 Å². The highest BCUT2D eigenvalue weighted by atomic mass is 16.6. The first-order valence-corrected chi connectivity index (χ1v) is 4.85. The molecular weight excluding hydrogens is 180 g/mol. The molecule has 0 aromatic rings. The van der Waals surface area contributed by atoms with Crippen molar-refractivity contribution in [1.29, 1.82) is 0 Å². The molecule has 14 heavy (non-hydrogen) atoms. The number of hydrogen-bond donors (Lipinski definition) is 1. The van der Waals surface area contributed by atoms with Crippen molar-refractivity contribution in [1.82, 2.24) is 0 Å². The van der Waals surface area contributed by atoms with Gasteiger partial charge in [0.1, 0.15) is 17.5 Å². The van der Waals surface area contributed by atoms with Gasteiger partial charge < -0.3 is 9.84 Å². The van der Waals surface area contributed by atoms with Crippen molar-refractivity contribution in [2.75, 3.05) is 6.61 Å². The number of rotatable bonds is 2. The molecule has 76 valence electrons. The maximum atomic E-state index is 11.7. The van der Waals surface area contributed by atoms with Crippen molar-refractivity contribution >= 4 is 5.78 Å². The van der Waals surface area contributed by atoms with E-state index in [1.165, 1.54) is 0 Å². The fraction of sp³-hybridized carbons (Fsp3) is 0.727. The molecule has 1 aliphatic carbocycles. The lowest BCUT2D eigenvalue weighted by Gasteiger charge is -2.35. The molecule has 2 fully saturated rings. The molecule has 0 aromatic carbocycles. The molecule has 0 bridgehead atoms. The van der Waals surface area contributed by atoms with Crippen LogP contribution in [0.2, 0.25) is 0 Å². The fourth-order valence-corrected chi connectivity index (χ4v) is 2.39. The molecule has 0 radical (unpaired) electrons. The molecule has 1 heterocycles. The van der Waals surface area contributed by atoms with Crippen LogP contribution in [0, 0.1) is 17.8 Å². The Morgan fingerprint density at radius 2 is 2.43 bits per heavy atom. The van der Waals surface area contributed by atoms with Gasteiger partial charge in [0.25, 0.3) is 0 Å².